The van der Waals surface area contributed by atoms with Crippen LogP contribution in [-0.2, 0) is 6.54 Å². The van der Waals surface area contributed by atoms with E-state index in [1.165, 1.54) is 5.56 Å². The van der Waals surface area contributed by atoms with Crippen LogP contribution in [0.2, 0.25) is 0 Å². The number of fused-ring (bicyclic) bond motifs is 1. The summed E-state index contributed by atoms with van der Waals surface area (Å²) in [5.74, 6) is 2.50. The number of pyridine rings is 2. The minimum atomic E-state index is -0.274. The first-order chi connectivity index (χ1) is 11.7. The van der Waals surface area contributed by atoms with E-state index in [0.29, 0.717) is 6.54 Å². The van der Waals surface area contributed by atoms with Gasteiger partial charge in [-0.2, -0.15) is 0 Å². The molecule has 3 N–H and O–H groups in total. The van der Waals surface area contributed by atoms with Crippen molar-refractivity contribution in [3.63, 3.8) is 0 Å². The van der Waals surface area contributed by atoms with Gasteiger partial charge >= 0.3 is 0 Å². The van der Waals surface area contributed by atoms with E-state index in [9.17, 15) is 5.11 Å². The van der Waals surface area contributed by atoms with Crippen molar-refractivity contribution in [1.29, 1.82) is 0 Å². The number of rotatable bonds is 3. The number of aliphatic hydroxyl groups excluding tert-OH is 1. The molecular weight excluding hydrogens is 302 g/mol. The van der Waals surface area contributed by atoms with Gasteiger partial charge in [-0.1, -0.05) is 0 Å². The summed E-state index contributed by atoms with van der Waals surface area (Å²) in [7, 11) is 0. The van der Waals surface area contributed by atoms with Crippen molar-refractivity contribution in [1.82, 2.24) is 15.3 Å². The predicted molar refractivity (Wildman–Crippen MR) is 95.2 cm³/mol. The average Bonchev–Trinajstić information content (AvgIpc) is 3.00. The Morgan fingerprint density at radius 3 is 3.04 bits per heavy atom. The lowest BCUT2D eigenvalue weighted by molar-refractivity contribution is 0.198. The van der Waals surface area contributed by atoms with Crippen LogP contribution in [0.5, 0.6) is 0 Å². The fourth-order valence-electron chi connectivity index (χ4n) is 3.21. The van der Waals surface area contributed by atoms with Crippen molar-refractivity contribution in [3.05, 3.63) is 47.3 Å². The summed E-state index contributed by atoms with van der Waals surface area (Å²) in [5, 5.41) is 16.4. The maximum atomic E-state index is 9.88. The molecule has 0 aromatic carbocycles. The van der Waals surface area contributed by atoms with E-state index >= 15 is 0 Å². The molecule has 4 rings (SSSR count). The Labute approximate surface area is 141 Å². The number of aryl methyl sites for hydroxylation is 1. The minimum Gasteiger partial charge on any atom is -0.391 e. The van der Waals surface area contributed by atoms with Crippen LogP contribution in [0, 0.1) is 6.92 Å². The molecule has 0 bridgehead atoms. The number of anilines is 3. The first-order valence-corrected chi connectivity index (χ1v) is 8.25. The summed E-state index contributed by atoms with van der Waals surface area (Å²) in [6.45, 7) is 4.26. The third kappa shape index (κ3) is 2.92. The van der Waals surface area contributed by atoms with Gasteiger partial charge in [-0.05, 0) is 54.9 Å². The fraction of sp³-hybridized carbons (Fsp3) is 0.333. The first-order valence-electron chi connectivity index (χ1n) is 8.25. The second-order valence-electron chi connectivity index (χ2n) is 6.35. The third-order valence-corrected chi connectivity index (χ3v) is 4.43. The summed E-state index contributed by atoms with van der Waals surface area (Å²) in [4.78, 5) is 11.3. The summed E-state index contributed by atoms with van der Waals surface area (Å²) in [5.41, 5.74) is 3.47. The molecule has 1 saturated heterocycles. The number of nitrogens with zero attached hydrogens (tertiary/aromatic N) is 3. The minimum absolute atomic E-state index is 0.274. The van der Waals surface area contributed by atoms with Gasteiger partial charge in [0, 0.05) is 31.4 Å². The standard InChI is InChI=1S/C18H21N5O/c1-12-2-6-20-16(8-12)21-17-9-13-3-5-19-10-15(13)18(22-17)23-7-4-14(24)11-23/h2-3,5-6,8-9,14,19,24H,4,7,10-11H2,1H3,(H,20,21,22)/t14-/m1/s1. The number of β-amino-alcohol motifs (C(OH)–C–C–N with tert-alkyl or cyclic N) is 1. The number of hydrogen-bond acceptors (Lipinski definition) is 6. The summed E-state index contributed by atoms with van der Waals surface area (Å²) in [6.07, 6.45) is 6.32. The number of nitrogens with one attached hydrogen (secondary N) is 2. The Morgan fingerprint density at radius 2 is 2.25 bits per heavy atom. The van der Waals surface area contributed by atoms with Crippen LogP contribution < -0.4 is 15.5 Å². The molecule has 0 radical (unpaired) electrons. The van der Waals surface area contributed by atoms with E-state index in [0.717, 1.165) is 48.1 Å². The van der Waals surface area contributed by atoms with Gasteiger partial charge in [-0.25, -0.2) is 9.97 Å². The normalized spacial score (nSPS) is 19.1. The Bertz CT molecular complexity index is 789. The van der Waals surface area contributed by atoms with Gasteiger partial charge in [0.05, 0.1) is 6.10 Å². The zero-order valence-electron chi connectivity index (χ0n) is 13.7. The van der Waals surface area contributed by atoms with Crippen molar-refractivity contribution < 1.29 is 5.11 Å². The molecule has 6 heteroatoms. The SMILES string of the molecule is Cc1ccnc(Nc2cc3c(c(N4CC[C@@H](O)C4)n2)CNC=C3)c1. The highest BCUT2D eigenvalue weighted by atomic mass is 16.3. The van der Waals surface area contributed by atoms with E-state index in [1.54, 1.807) is 6.20 Å². The molecule has 124 valence electrons. The van der Waals surface area contributed by atoms with Gasteiger partial charge in [0.2, 0.25) is 0 Å². The van der Waals surface area contributed by atoms with E-state index in [2.05, 4.69) is 26.6 Å². The molecule has 4 heterocycles. The van der Waals surface area contributed by atoms with Crippen LogP contribution in [0.3, 0.4) is 0 Å². The second kappa shape index (κ2) is 6.13. The number of hydrogen-bond donors (Lipinski definition) is 3. The third-order valence-electron chi connectivity index (χ3n) is 4.43. The molecule has 24 heavy (non-hydrogen) atoms. The van der Waals surface area contributed by atoms with Gasteiger partial charge in [-0.3, -0.25) is 0 Å². The van der Waals surface area contributed by atoms with Crippen LogP contribution in [-0.4, -0.2) is 34.3 Å². The predicted octanol–water partition coefficient (Wildman–Crippen LogP) is 2.17. The molecule has 0 aliphatic carbocycles. The van der Waals surface area contributed by atoms with E-state index in [4.69, 9.17) is 4.98 Å². The van der Waals surface area contributed by atoms with Crippen LogP contribution in [0.4, 0.5) is 17.5 Å². The van der Waals surface area contributed by atoms with E-state index in [1.807, 2.05) is 31.3 Å². The summed E-state index contributed by atoms with van der Waals surface area (Å²) < 4.78 is 0. The molecule has 0 amide bonds. The molecule has 0 spiro atoms. The van der Waals surface area contributed by atoms with Gasteiger partial charge in [0.15, 0.2) is 0 Å². The Balaban J connectivity index is 1.71. The van der Waals surface area contributed by atoms with Crippen molar-refractivity contribution in [3.8, 4) is 0 Å². The summed E-state index contributed by atoms with van der Waals surface area (Å²) >= 11 is 0. The van der Waals surface area contributed by atoms with Crippen LogP contribution >= 0.6 is 0 Å². The molecule has 2 aromatic heterocycles. The zero-order valence-corrected chi connectivity index (χ0v) is 13.7. The van der Waals surface area contributed by atoms with Gasteiger partial charge in [0.25, 0.3) is 0 Å². The smallest absolute Gasteiger partial charge is 0.136 e. The molecule has 0 saturated carbocycles. The molecular formula is C18H21N5O. The maximum absolute atomic E-state index is 9.88. The average molecular weight is 323 g/mol. The highest BCUT2D eigenvalue weighted by Gasteiger charge is 2.25. The molecule has 2 aliphatic rings. The Morgan fingerprint density at radius 1 is 1.33 bits per heavy atom. The largest absolute Gasteiger partial charge is 0.391 e. The van der Waals surface area contributed by atoms with Crippen LogP contribution in [0.15, 0.2) is 30.6 Å². The van der Waals surface area contributed by atoms with Gasteiger partial charge in [-0.15, -0.1) is 0 Å². The monoisotopic (exact) mass is 323 g/mol. The molecule has 0 unspecified atom stereocenters. The molecule has 1 fully saturated rings. The molecule has 2 aliphatic heterocycles. The Hall–Kier alpha value is -2.60. The van der Waals surface area contributed by atoms with E-state index < -0.39 is 0 Å². The highest BCUT2D eigenvalue weighted by molar-refractivity contribution is 5.70. The number of aromatic nitrogens is 2. The fourth-order valence-corrected chi connectivity index (χ4v) is 3.21. The van der Waals surface area contributed by atoms with Crippen LogP contribution in [0.25, 0.3) is 6.08 Å². The quantitative estimate of drug-likeness (QED) is 0.804. The van der Waals surface area contributed by atoms with Gasteiger partial charge in [0.1, 0.15) is 17.5 Å². The molecule has 2 aromatic rings. The van der Waals surface area contributed by atoms with Crippen molar-refractivity contribution in [2.24, 2.45) is 0 Å². The summed E-state index contributed by atoms with van der Waals surface area (Å²) in [6, 6.07) is 6.02. The Kier molecular flexibility index (Phi) is 3.82. The highest BCUT2D eigenvalue weighted by Crippen LogP contribution is 2.31. The first kappa shape index (κ1) is 15.0. The lowest BCUT2D eigenvalue weighted by Gasteiger charge is -2.24. The van der Waals surface area contributed by atoms with Crippen molar-refractivity contribution in [2.75, 3.05) is 23.3 Å². The second-order valence-corrected chi connectivity index (χ2v) is 6.35. The molecule has 6 nitrogen and oxygen atoms in total. The zero-order chi connectivity index (χ0) is 16.5. The topological polar surface area (TPSA) is 73.3 Å². The van der Waals surface area contributed by atoms with Gasteiger partial charge < -0.3 is 20.6 Å². The maximum Gasteiger partial charge on any atom is 0.136 e. The molecule has 1 atom stereocenters. The lowest BCUT2D eigenvalue weighted by Crippen LogP contribution is -2.26. The number of aliphatic hydroxyl groups is 1. The van der Waals surface area contributed by atoms with Crippen LogP contribution in [0.1, 0.15) is 23.1 Å². The van der Waals surface area contributed by atoms with Crippen molar-refractivity contribution >= 4 is 23.5 Å². The van der Waals surface area contributed by atoms with E-state index in [-0.39, 0.29) is 6.10 Å². The van der Waals surface area contributed by atoms with Crippen molar-refractivity contribution in [2.45, 2.75) is 26.0 Å². The lowest BCUT2D eigenvalue weighted by atomic mass is 10.1.